The van der Waals surface area contributed by atoms with E-state index >= 15 is 0 Å². The summed E-state index contributed by atoms with van der Waals surface area (Å²) in [5, 5.41) is 0. The summed E-state index contributed by atoms with van der Waals surface area (Å²) >= 11 is 0. The molecular weight excluding hydrogens is 356 g/mol. The molecule has 0 saturated carbocycles. The van der Waals surface area contributed by atoms with Gasteiger partial charge in [0.25, 0.3) is 5.91 Å². The summed E-state index contributed by atoms with van der Waals surface area (Å²) in [5.41, 5.74) is 3.24. The van der Waals surface area contributed by atoms with Crippen LogP contribution in [-0.2, 0) is 13.0 Å². The van der Waals surface area contributed by atoms with E-state index in [1.807, 2.05) is 4.90 Å². The molecular formula is C22H26N2O4. The lowest BCUT2D eigenvalue weighted by Crippen LogP contribution is -2.48. The van der Waals surface area contributed by atoms with Crippen LogP contribution in [0.15, 0.2) is 36.4 Å². The Morgan fingerprint density at radius 3 is 2.54 bits per heavy atom. The first-order valence-corrected chi connectivity index (χ1v) is 9.66. The molecule has 2 aromatic rings. The Morgan fingerprint density at radius 1 is 1.00 bits per heavy atom. The van der Waals surface area contributed by atoms with E-state index in [-0.39, 0.29) is 5.91 Å². The van der Waals surface area contributed by atoms with Crippen molar-refractivity contribution < 1.29 is 19.0 Å². The van der Waals surface area contributed by atoms with Gasteiger partial charge in [0.15, 0.2) is 11.5 Å². The van der Waals surface area contributed by atoms with E-state index in [0.717, 1.165) is 51.5 Å². The third-order valence-electron chi connectivity index (χ3n) is 5.45. The van der Waals surface area contributed by atoms with Crippen LogP contribution in [0.25, 0.3) is 0 Å². The molecule has 28 heavy (non-hydrogen) atoms. The fraction of sp³-hybridized carbons (Fsp3) is 0.409. The first kappa shape index (κ1) is 18.6. The molecule has 0 bridgehead atoms. The van der Waals surface area contributed by atoms with Gasteiger partial charge in [0.1, 0.15) is 5.75 Å². The van der Waals surface area contributed by atoms with Crippen molar-refractivity contribution >= 4 is 5.91 Å². The molecule has 2 aliphatic heterocycles. The molecule has 0 atom stereocenters. The van der Waals surface area contributed by atoms with Gasteiger partial charge in [-0.05, 0) is 35.4 Å². The van der Waals surface area contributed by atoms with Crippen molar-refractivity contribution in [3.8, 4) is 17.2 Å². The molecule has 1 saturated heterocycles. The van der Waals surface area contributed by atoms with E-state index in [1.54, 1.807) is 32.4 Å². The summed E-state index contributed by atoms with van der Waals surface area (Å²) in [6, 6.07) is 11.8. The molecule has 1 amide bonds. The molecule has 4 rings (SSSR count). The van der Waals surface area contributed by atoms with E-state index in [2.05, 4.69) is 23.1 Å². The minimum absolute atomic E-state index is 0.0373. The Kier molecular flexibility index (Phi) is 5.39. The zero-order valence-corrected chi connectivity index (χ0v) is 16.4. The molecule has 0 unspecified atom stereocenters. The minimum atomic E-state index is 0.0373. The number of rotatable bonds is 5. The van der Waals surface area contributed by atoms with Crippen molar-refractivity contribution in [1.82, 2.24) is 9.80 Å². The predicted molar refractivity (Wildman–Crippen MR) is 106 cm³/mol. The van der Waals surface area contributed by atoms with Gasteiger partial charge in [-0.2, -0.15) is 0 Å². The van der Waals surface area contributed by atoms with Crippen molar-refractivity contribution in [2.45, 2.75) is 13.0 Å². The predicted octanol–water partition coefficient (Wildman–Crippen LogP) is 2.60. The standard InChI is InChI=1S/C22H26N2O4/c1-26-20-6-4-18(14-21(20)27-2)22(25)24-10-8-23(9-11-24)15-16-3-5-19-17(13-16)7-12-28-19/h3-6,13-14H,7-12,15H2,1-2H3. The molecule has 6 heteroatoms. The van der Waals surface area contributed by atoms with E-state index < -0.39 is 0 Å². The number of fused-ring (bicyclic) bond motifs is 1. The molecule has 2 aromatic carbocycles. The number of hydrogen-bond donors (Lipinski definition) is 0. The molecule has 1 fully saturated rings. The molecule has 0 spiro atoms. The van der Waals surface area contributed by atoms with E-state index in [9.17, 15) is 4.79 Å². The monoisotopic (exact) mass is 382 g/mol. The number of piperazine rings is 1. The summed E-state index contributed by atoms with van der Waals surface area (Å²) in [6.45, 7) is 4.88. The first-order chi connectivity index (χ1) is 13.7. The molecule has 0 aromatic heterocycles. The van der Waals surface area contributed by atoms with Gasteiger partial charge in [0.05, 0.1) is 20.8 Å². The molecule has 2 aliphatic rings. The summed E-state index contributed by atoms with van der Waals surface area (Å²) in [7, 11) is 3.17. The highest BCUT2D eigenvalue weighted by atomic mass is 16.5. The highest BCUT2D eigenvalue weighted by molar-refractivity contribution is 5.95. The maximum absolute atomic E-state index is 12.9. The number of benzene rings is 2. The van der Waals surface area contributed by atoms with E-state index in [4.69, 9.17) is 14.2 Å². The third-order valence-corrected chi connectivity index (χ3v) is 5.45. The van der Waals surface area contributed by atoms with Gasteiger partial charge in [-0.3, -0.25) is 9.69 Å². The molecule has 148 valence electrons. The Morgan fingerprint density at radius 2 is 1.79 bits per heavy atom. The smallest absolute Gasteiger partial charge is 0.254 e. The number of hydrogen-bond acceptors (Lipinski definition) is 5. The number of ether oxygens (including phenoxy) is 3. The van der Waals surface area contributed by atoms with Crippen LogP contribution in [0.2, 0.25) is 0 Å². The Labute approximate surface area is 165 Å². The van der Waals surface area contributed by atoms with Gasteiger partial charge in [-0.25, -0.2) is 0 Å². The topological polar surface area (TPSA) is 51.2 Å². The second-order valence-corrected chi connectivity index (χ2v) is 7.18. The largest absolute Gasteiger partial charge is 0.493 e. The molecule has 2 heterocycles. The van der Waals surface area contributed by atoms with Gasteiger partial charge in [0, 0.05) is 44.7 Å². The number of amides is 1. The summed E-state index contributed by atoms with van der Waals surface area (Å²) in [5.74, 6) is 2.26. The van der Waals surface area contributed by atoms with E-state index in [0.29, 0.717) is 17.1 Å². The highest BCUT2D eigenvalue weighted by Gasteiger charge is 2.23. The third kappa shape index (κ3) is 3.78. The van der Waals surface area contributed by atoms with Crippen LogP contribution in [0.3, 0.4) is 0 Å². The Bertz CT molecular complexity index is 860. The van der Waals surface area contributed by atoms with Gasteiger partial charge < -0.3 is 19.1 Å². The SMILES string of the molecule is COc1ccc(C(=O)N2CCN(Cc3ccc4c(c3)CCO4)CC2)cc1OC. The number of carbonyl (C=O) groups excluding carboxylic acids is 1. The fourth-order valence-corrected chi connectivity index (χ4v) is 3.86. The zero-order valence-electron chi connectivity index (χ0n) is 16.4. The number of nitrogens with zero attached hydrogens (tertiary/aromatic N) is 2. The first-order valence-electron chi connectivity index (χ1n) is 9.66. The zero-order chi connectivity index (χ0) is 19.5. The quantitative estimate of drug-likeness (QED) is 0.796. The number of methoxy groups -OCH3 is 2. The maximum Gasteiger partial charge on any atom is 0.254 e. The molecule has 0 radical (unpaired) electrons. The summed E-state index contributed by atoms with van der Waals surface area (Å²) in [6.07, 6.45) is 0.997. The van der Waals surface area contributed by atoms with Gasteiger partial charge in [0.2, 0.25) is 0 Å². The molecule has 6 nitrogen and oxygen atoms in total. The van der Waals surface area contributed by atoms with Crippen molar-refractivity contribution in [3.05, 3.63) is 53.1 Å². The van der Waals surface area contributed by atoms with Gasteiger partial charge in [-0.1, -0.05) is 12.1 Å². The highest BCUT2D eigenvalue weighted by Crippen LogP contribution is 2.29. The lowest BCUT2D eigenvalue weighted by Gasteiger charge is -2.35. The second-order valence-electron chi connectivity index (χ2n) is 7.18. The van der Waals surface area contributed by atoms with Crippen LogP contribution in [-0.4, -0.2) is 62.7 Å². The maximum atomic E-state index is 12.9. The van der Waals surface area contributed by atoms with Crippen molar-refractivity contribution in [2.24, 2.45) is 0 Å². The van der Waals surface area contributed by atoms with Crippen LogP contribution < -0.4 is 14.2 Å². The average molecular weight is 382 g/mol. The van der Waals surface area contributed by atoms with Crippen LogP contribution in [0.4, 0.5) is 0 Å². The van der Waals surface area contributed by atoms with Crippen molar-refractivity contribution in [1.29, 1.82) is 0 Å². The van der Waals surface area contributed by atoms with Crippen molar-refractivity contribution in [3.63, 3.8) is 0 Å². The van der Waals surface area contributed by atoms with Crippen LogP contribution in [0, 0.1) is 0 Å². The fourth-order valence-electron chi connectivity index (χ4n) is 3.86. The number of carbonyl (C=O) groups is 1. The normalized spacial score (nSPS) is 16.4. The average Bonchev–Trinajstić information content (AvgIpc) is 3.21. The van der Waals surface area contributed by atoms with Gasteiger partial charge >= 0.3 is 0 Å². The Hall–Kier alpha value is -2.73. The molecule has 0 aliphatic carbocycles. The summed E-state index contributed by atoms with van der Waals surface area (Å²) < 4.78 is 16.1. The van der Waals surface area contributed by atoms with Crippen LogP contribution >= 0.6 is 0 Å². The van der Waals surface area contributed by atoms with Crippen molar-refractivity contribution in [2.75, 3.05) is 47.0 Å². The summed E-state index contributed by atoms with van der Waals surface area (Å²) in [4.78, 5) is 17.2. The second kappa shape index (κ2) is 8.10. The van der Waals surface area contributed by atoms with Gasteiger partial charge in [-0.15, -0.1) is 0 Å². The lowest BCUT2D eigenvalue weighted by molar-refractivity contribution is 0.0628. The molecule has 0 N–H and O–H groups in total. The Balaban J connectivity index is 1.35. The van der Waals surface area contributed by atoms with E-state index in [1.165, 1.54) is 11.1 Å². The lowest BCUT2D eigenvalue weighted by atomic mass is 10.1. The minimum Gasteiger partial charge on any atom is -0.493 e. The van der Waals surface area contributed by atoms with Crippen LogP contribution in [0.1, 0.15) is 21.5 Å². The van der Waals surface area contributed by atoms with Crippen LogP contribution in [0.5, 0.6) is 17.2 Å².